The number of hydrogen-bond acceptors (Lipinski definition) is 2. The van der Waals surface area contributed by atoms with Crippen molar-refractivity contribution in [1.29, 1.82) is 0 Å². The van der Waals surface area contributed by atoms with E-state index in [1.807, 2.05) is 12.3 Å². The lowest BCUT2D eigenvalue weighted by Crippen LogP contribution is -2.52. The molecule has 0 radical (unpaired) electrons. The van der Waals surface area contributed by atoms with Crippen LogP contribution < -0.4 is 5.32 Å². The molecule has 21 heavy (non-hydrogen) atoms. The number of nitrogens with one attached hydrogen (secondary N) is 1. The first-order valence-corrected chi connectivity index (χ1v) is 9.29. The lowest BCUT2D eigenvalue weighted by Gasteiger charge is -2.59. The first-order chi connectivity index (χ1) is 10.0. The maximum atomic E-state index is 5.99. The Hall–Kier alpha value is -0.280. The summed E-state index contributed by atoms with van der Waals surface area (Å²) < 4.78 is 0.867. The molecular weight excluding hydrogens is 348 g/mol. The van der Waals surface area contributed by atoms with Crippen LogP contribution in [0.3, 0.4) is 0 Å². The molecule has 1 N–H and O–H groups in total. The van der Waals surface area contributed by atoms with E-state index in [1.54, 1.807) is 0 Å². The van der Waals surface area contributed by atoms with Crippen LogP contribution in [0.5, 0.6) is 0 Å². The van der Waals surface area contributed by atoms with E-state index >= 15 is 0 Å². The fraction of sp³-hybridized carbons (Fsp3) is 0.706. The fourth-order valence-electron chi connectivity index (χ4n) is 5.61. The van der Waals surface area contributed by atoms with Gasteiger partial charge in [-0.1, -0.05) is 11.6 Å². The molecule has 0 aliphatic heterocycles. The summed E-state index contributed by atoms with van der Waals surface area (Å²) in [6.07, 6.45) is 10.6. The van der Waals surface area contributed by atoms with Crippen LogP contribution in [0.2, 0.25) is 5.15 Å². The number of nitrogens with zero attached hydrogens (tertiary/aromatic N) is 1. The van der Waals surface area contributed by atoms with Crippen molar-refractivity contribution in [2.75, 3.05) is 5.32 Å². The molecular formula is C17H22BrClN2. The highest BCUT2D eigenvalue weighted by Crippen LogP contribution is 2.61. The molecule has 4 heteroatoms. The van der Waals surface area contributed by atoms with Crippen molar-refractivity contribution in [2.45, 2.75) is 51.5 Å². The van der Waals surface area contributed by atoms with E-state index in [2.05, 4.69) is 33.2 Å². The van der Waals surface area contributed by atoms with Gasteiger partial charge in [-0.05, 0) is 90.6 Å². The third-order valence-electron chi connectivity index (χ3n) is 6.18. The molecule has 5 rings (SSSR count). The van der Waals surface area contributed by atoms with E-state index in [0.29, 0.717) is 16.6 Å². The predicted molar refractivity (Wildman–Crippen MR) is 90.6 cm³/mol. The Kier molecular flexibility index (Phi) is 3.50. The van der Waals surface area contributed by atoms with E-state index in [9.17, 15) is 0 Å². The molecule has 114 valence electrons. The summed E-state index contributed by atoms with van der Waals surface area (Å²) in [5, 5.41) is 4.25. The molecule has 1 heterocycles. The summed E-state index contributed by atoms with van der Waals surface area (Å²) in [7, 11) is 0. The Morgan fingerprint density at radius 1 is 1.24 bits per heavy atom. The maximum Gasteiger partial charge on any atom is 0.143 e. The van der Waals surface area contributed by atoms with Crippen molar-refractivity contribution in [1.82, 2.24) is 4.98 Å². The minimum atomic E-state index is 0.515. The van der Waals surface area contributed by atoms with Crippen molar-refractivity contribution in [2.24, 2.45) is 23.2 Å². The highest BCUT2D eigenvalue weighted by Gasteiger charge is 2.53. The second-order valence-electron chi connectivity index (χ2n) is 7.64. The standard InChI is InChI=1S/C17H22BrClN2/c1-10(21-14-5-15(18)16(19)20-9-14)17-6-11-2-12(7-17)4-13(3-11)8-17/h5,9-13,21H,2-4,6-8H2,1H3. The summed E-state index contributed by atoms with van der Waals surface area (Å²) in [5.74, 6) is 2.99. The topological polar surface area (TPSA) is 24.9 Å². The van der Waals surface area contributed by atoms with Crippen LogP contribution in [0.4, 0.5) is 5.69 Å². The number of rotatable bonds is 3. The predicted octanol–water partition coefficient (Wildman–Crippen LogP) is 5.51. The molecule has 0 spiro atoms. The molecule has 4 fully saturated rings. The minimum Gasteiger partial charge on any atom is -0.381 e. The molecule has 1 aromatic rings. The van der Waals surface area contributed by atoms with Gasteiger partial charge in [-0.3, -0.25) is 0 Å². The smallest absolute Gasteiger partial charge is 0.143 e. The molecule has 1 aromatic heterocycles. The van der Waals surface area contributed by atoms with Gasteiger partial charge < -0.3 is 5.32 Å². The van der Waals surface area contributed by atoms with Gasteiger partial charge in [0.05, 0.1) is 16.4 Å². The van der Waals surface area contributed by atoms with Gasteiger partial charge in [0.25, 0.3) is 0 Å². The average molecular weight is 370 g/mol. The fourth-order valence-corrected chi connectivity index (χ4v) is 6.06. The molecule has 0 aromatic carbocycles. The van der Waals surface area contributed by atoms with E-state index in [1.165, 1.54) is 38.5 Å². The van der Waals surface area contributed by atoms with Gasteiger partial charge in [0.2, 0.25) is 0 Å². The van der Waals surface area contributed by atoms with Gasteiger partial charge in [-0.25, -0.2) is 4.98 Å². The Labute approximate surface area is 140 Å². The summed E-state index contributed by atoms with van der Waals surface area (Å²) >= 11 is 9.45. The lowest BCUT2D eigenvalue weighted by molar-refractivity contribution is -0.0602. The van der Waals surface area contributed by atoms with Gasteiger partial charge >= 0.3 is 0 Å². The molecule has 4 aliphatic carbocycles. The van der Waals surface area contributed by atoms with E-state index in [4.69, 9.17) is 11.6 Å². The SMILES string of the molecule is CC(Nc1cnc(Cl)c(Br)c1)C12CC3CC(CC(C3)C1)C2. The van der Waals surface area contributed by atoms with Gasteiger partial charge in [0, 0.05) is 6.04 Å². The highest BCUT2D eigenvalue weighted by molar-refractivity contribution is 9.10. The van der Waals surface area contributed by atoms with E-state index in [0.717, 1.165) is 27.9 Å². The first kappa shape index (κ1) is 14.3. The first-order valence-electron chi connectivity index (χ1n) is 8.12. The van der Waals surface area contributed by atoms with Crippen LogP contribution in [0.1, 0.15) is 45.4 Å². The molecule has 1 atom stereocenters. The summed E-state index contributed by atoms with van der Waals surface area (Å²) in [5.41, 5.74) is 1.59. The normalized spacial score (nSPS) is 38.5. The largest absolute Gasteiger partial charge is 0.381 e. The minimum absolute atomic E-state index is 0.515. The van der Waals surface area contributed by atoms with Crippen molar-refractivity contribution in [3.05, 3.63) is 21.9 Å². The Morgan fingerprint density at radius 2 is 1.81 bits per heavy atom. The molecule has 0 saturated heterocycles. The Morgan fingerprint density at radius 3 is 2.33 bits per heavy atom. The quantitative estimate of drug-likeness (QED) is 0.710. The van der Waals surface area contributed by atoms with E-state index < -0.39 is 0 Å². The highest BCUT2D eigenvalue weighted by atomic mass is 79.9. The summed E-state index contributed by atoms with van der Waals surface area (Å²) in [6.45, 7) is 2.37. The van der Waals surface area contributed by atoms with Gasteiger partial charge in [-0.2, -0.15) is 0 Å². The molecule has 1 unspecified atom stereocenters. The van der Waals surface area contributed by atoms with Crippen molar-refractivity contribution < 1.29 is 0 Å². The molecule has 4 aliphatic rings. The number of pyridine rings is 1. The van der Waals surface area contributed by atoms with Crippen LogP contribution in [0, 0.1) is 23.2 Å². The summed E-state index contributed by atoms with van der Waals surface area (Å²) in [4.78, 5) is 4.23. The van der Waals surface area contributed by atoms with Gasteiger partial charge in [0.1, 0.15) is 5.15 Å². The second kappa shape index (κ2) is 5.13. The maximum absolute atomic E-state index is 5.99. The van der Waals surface area contributed by atoms with Crippen molar-refractivity contribution in [3.63, 3.8) is 0 Å². The van der Waals surface area contributed by atoms with Crippen LogP contribution in [0.25, 0.3) is 0 Å². The zero-order valence-electron chi connectivity index (χ0n) is 12.4. The lowest BCUT2D eigenvalue weighted by atomic mass is 9.48. The van der Waals surface area contributed by atoms with Gasteiger partial charge in [0.15, 0.2) is 0 Å². The molecule has 2 nitrogen and oxygen atoms in total. The van der Waals surface area contributed by atoms with Crippen LogP contribution >= 0.6 is 27.5 Å². The Balaban J connectivity index is 1.54. The number of anilines is 1. The third kappa shape index (κ3) is 2.50. The van der Waals surface area contributed by atoms with Crippen LogP contribution in [-0.4, -0.2) is 11.0 Å². The molecule has 0 amide bonds. The third-order valence-corrected chi connectivity index (χ3v) is 7.32. The monoisotopic (exact) mass is 368 g/mol. The van der Waals surface area contributed by atoms with Gasteiger partial charge in [-0.15, -0.1) is 0 Å². The molecule has 4 bridgehead atoms. The summed E-state index contributed by atoms with van der Waals surface area (Å²) in [6, 6.07) is 2.56. The zero-order valence-corrected chi connectivity index (χ0v) is 14.8. The van der Waals surface area contributed by atoms with E-state index in [-0.39, 0.29) is 0 Å². The number of halogens is 2. The average Bonchev–Trinajstić information content (AvgIpc) is 2.41. The van der Waals surface area contributed by atoms with Crippen LogP contribution in [0.15, 0.2) is 16.7 Å². The van der Waals surface area contributed by atoms with Crippen molar-refractivity contribution in [3.8, 4) is 0 Å². The number of aromatic nitrogens is 1. The number of hydrogen-bond donors (Lipinski definition) is 1. The second-order valence-corrected chi connectivity index (χ2v) is 8.85. The molecule has 4 saturated carbocycles. The Bertz CT molecular complexity index is 524. The van der Waals surface area contributed by atoms with Crippen LogP contribution in [-0.2, 0) is 0 Å². The van der Waals surface area contributed by atoms with Crippen molar-refractivity contribution >= 4 is 33.2 Å². The zero-order chi connectivity index (χ0) is 14.6.